The molecule has 0 radical (unpaired) electrons. The van der Waals surface area contributed by atoms with Crippen molar-refractivity contribution >= 4 is 40.7 Å². The summed E-state index contributed by atoms with van der Waals surface area (Å²) in [4.78, 5) is 36.5. The van der Waals surface area contributed by atoms with Crippen LogP contribution in [0.2, 0.25) is 5.02 Å². The summed E-state index contributed by atoms with van der Waals surface area (Å²) in [6, 6.07) is 11.7. The topological polar surface area (TPSA) is 113 Å². The Bertz CT molecular complexity index is 926. The maximum Gasteiger partial charge on any atom is 0.253 e. The number of rotatable bonds is 7. The highest BCUT2D eigenvalue weighted by molar-refractivity contribution is 6.31. The van der Waals surface area contributed by atoms with Crippen molar-refractivity contribution in [3.8, 4) is 0 Å². The van der Waals surface area contributed by atoms with Crippen LogP contribution < -0.4 is 21.7 Å². The predicted molar refractivity (Wildman–Crippen MR) is 113 cm³/mol. The highest BCUT2D eigenvalue weighted by Crippen LogP contribution is 2.22. The Morgan fingerprint density at radius 3 is 2.45 bits per heavy atom. The zero-order valence-electron chi connectivity index (χ0n) is 15.8. The number of carbonyl (C=O) groups excluding carboxylic acids is 3. The van der Waals surface area contributed by atoms with Crippen LogP contribution in [0.3, 0.4) is 0 Å². The molecule has 8 heteroatoms. The summed E-state index contributed by atoms with van der Waals surface area (Å²) < 4.78 is 0. The molecule has 7 nitrogen and oxygen atoms in total. The van der Waals surface area contributed by atoms with Gasteiger partial charge in [-0.2, -0.15) is 0 Å². The summed E-state index contributed by atoms with van der Waals surface area (Å²) in [6.45, 7) is -0.111. The third-order valence-electron chi connectivity index (χ3n) is 4.82. The van der Waals surface area contributed by atoms with Crippen LogP contribution in [0.4, 0.5) is 11.4 Å². The van der Waals surface area contributed by atoms with Crippen molar-refractivity contribution < 1.29 is 14.4 Å². The molecule has 0 heterocycles. The summed E-state index contributed by atoms with van der Waals surface area (Å²) in [5, 5.41) is 9.01. The summed E-state index contributed by atoms with van der Waals surface area (Å²) in [6.07, 6.45) is 4.20. The fourth-order valence-corrected chi connectivity index (χ4v) is 3.54. The molecule has 1 aliphatic carbocycles. The molecule has 0 bridgehead atoms. The van der Waals surface area contributed by atoms with Crippen LogP contribution in [0.5, 0.6) is 0 Å². The van der Waals surface area contributed by atoms with Gasteiger partial charge in [0.2, 0.25) is 5.91 Å². The Hall–Kier alpha value is -3.06. The molecule has 0 spiro atoms. The maximum atomic E-state index is 12.6. The average Bonchev–Trinajstić information content (AvgIpc) is 3.20. The van der Waals surface area contributed by atoms with Crippen molar-refractivity contribution in [2.45, 2.75) is 31.7 Å². The molecule has 152 valence electrons. The number of amides is 3. The van der Waals surface area contributed by atoms with Crippen LogP contribution >= 0.6 is 11.6 Å². The fourth-order valence-electron chi connectivity index (χ4n) is 3.37. The molecule has 29 heavy (non-hydrogen) atoms. The monoisotopic (exact) mass is 414 g/mol. The number of primary amides is 1. The number of carbonyl (C=O) groups is 3. The van der Waals surface area contributed by atoms with E-state index in [4.69, 9.17) is 17.3 Å². The molecular weight excluding hydrogens is 392 g/mol. The first-order chi connectivity index (χ1) is 13.9. The van der Waals surface area contributed by atoms with Gasteiger partial charge in [0.15, 0.2) is 0 Å². The minimum atomic E-state index is -0.649. The summed E-state index contributed by atoms with van der Waals surface area (Å²) >= 11 is 5.89. The van der Waals surface area contributed by atoms with E-state index in [0.29, 0.717) is 22.0 Å². The van der Waals surface area contributed by atoms with Gasteiger partial charge in [-0.05, 0) is 43.2 Å². The Morgan fingerprint density at radius 2 is 1.72 bits per heavy atom. The van der Waals surface area contributed by atoms with Gasteiger partial charge in [0.05, 0.1) is 23.4 Å². The lowest BCUT2D eigenvalue weighted by atomic mass is 10.1. The van der Waals surface area contributed by atoms with Crippen LogP contribution in [0.25, 0.3) is 0 Å². The normalized spacial score (nSPS) is 13.7. The minimum absolute atomic E-state index is 0.111. The summed E-state index contributed by atoms with van der Waals surface area (Å²) in [7, 11) is 0. The molecule has 5 N–H and O–H groups in total. The molecule has 1 saturated carbocycles. The Labute approximate surface area is 174 Å². The first-order valence-corrected chi connectivity index (χ1v) is 9.85. The molecule has 0 aliphatic heterocycles. The number of hydrogen-bond acceptors (Lipinski definition) is 4. The zero-order chi connectivity index (χ0) is 20.8. The van der Waals surface area contributed by atoms with E-state index >= 15 is 0 Å². The molecular formula is C21H23ClN4O3. The van der Waals surface area contributed by atoms with Crippen molar-refractivity contribution in [1.29, 1.82) is 0 Å². The molecule has 1 fully saturated rings. The number of nitrogens with two attached hydrogens (primary N) is 1. The number of anilines is 2. The van der Waals surface area contributed by atoms with Gasteiger partial charge in [-0.15, -0.1) is 0 Å². The van der Waals surface area contributed by atoms with E-state index in [9.17, 15) is 14.4 Å². The molecule has 0 aromatic heterocycles. The first kappa shape index (κ1) is 20.7. The van der Waals surface area contributed by atoms with Crippen LogP contribution in [0.15, 0.2) is 42.5 Å². The van der Waals surface area contributed by atoms with Crippen molar-refractivity contribution in [1.82, 2.24) is 5.32 Å². The third-order valence-corrected chi connectivity index (χ3v) is 5.06. The Kier molecular flexibility index (Phi) is 6.72. The lowest BCUT2D eigenvalue weighted by Crippen LogP contribution is -2.33. The van der Waals surface area contributed by atoms with Gasteiger partial charge in [-0.25, -0.2) is 0 Å². The second-order valence-corrected chi connectivity index (χ2v) is 7.39. The van der Waals surface area contributed by atoms with Gasteiger partial charge in [-0.3, -0.25) is 14.4 Å². The molecule has 0 atom stereocenters. The van der Waals surface area contributed by atoms with E-state index < -0.39 is 5.91 Å². The van der Waals surface area contributed by atoms with E-state index in [2.05, 4.69) is 16.0 Å². The first-order valence-electron chi connectivity index (χ1n) is 9.47. The number of nitrogens with one attached hydrogen (secondary N) is 3. The Balaban J connectivity index is 1.64. The second kappa shape index (κ2) is 9.43. The van der Waals surface area contributed by atoms with Gasteiger partial charge < -0.3 is 21.7 Å². The van der Waals surface area contributed by atoms with Crippen LogP contribution in [0.1, 0.15) is 46.4 Å². The fraction of sp³-hybridized carbons (Fsp3) is 0.286. The van der Waals surface area contributed by atoms with E-state index in [1.54, 1.807) is 36.4 Å². The van der Waals surface area contributed by atoms with Gasteiger partial charge in [0, 0.05) is 16.8 Å². The van der Waals surface area contributed by atoms with Crippen molar-refractivity contribution in [3.63, 3.8) is 0 Å². The number of halogens is 1. The van der Waals surface area contributed by atoms with Crippen molar-refractivity contribution in [3.05, 3.63) is 58.6 Å². The highest BCUT2D eigenvalue weighted by atomic mass is 35.5. The molecule has 2 aromatic rings. The standard InChI is InChI=1S/C21H23ClN4O3/c22-13-9-10-17(16(11-13)20(23)28)24-12-19(27)26-18-8-4-3-7-15(18)21(29)25-14-5-1-2-6-14/h3-4,7-11,14,24H,1-2,5-6,12H2,(H2,23,28)(H,25,29)(H,26,27). The molecule has 0 unspecified atom stereocenters. The zero-order valence-corrected chi connectivity index (χ0v) is 16.6. The SMILES string of the molecule is NC(=O)c1cc(Cl)ccc1NCC(=O)Nc1ccccc1C(=O)NC1CCCC1. The molecule has 3 rings (SSSR count). The molecule has 1 aliphatic rings. The van der Waals surface area contributed by atoms with Crippen LogP contribution in [-0.2, 0) is 4.79 Å². The molecule has 2 aromatic carbocycles. The lowest BCUT2D eigenvalue weighted by Gasteiger charge is -2.15. The quantitative estimate of drug-likeness (QED) is 0.557. The van der Waals surface area contributed by atoms with Gasteiger partial charge in [0.1, 0.15) is 0 Å². The number of benzene rings is 2. The van der Waals surface area contributed by atoms with Crippen molar-refractivity contribution in [2.75, 3.05) is 17.2 Å². The van der Waals surface area contributed by atoms with Crippen LogP contribution in [0, 0.1) is 0 Å². The lowest BCUT2D eigenvalue weighted by molar-refractivity contribution is -0.114. The van der Waals surface area contributed by atoms with Crippen molar-refractivity contribution in [2.24, 2.45) is 5.73 Å². The highest BCUT2D eigenvalue weighted by Gasteiger charge is 2.20. The smallest absolute Gasteiger partial charge is 0.253 e. The molecule has 3 amide bonds. The largest absolute Gasteiger partial charge is 0.375 e. The third kappa shape index (κ3) is 5.48. The van der Waals surface area contributed by atoms with E-state index in [1.807, 2.05) is 0 Å². The van der Waals surface area contributed by atoms with E-state index in [-0.39, 0.29) is 30.0 Å². The summed E-state index contributed by atoms with van der Waals surface area (Å²) in [5.74, 6) is -1.21. The average molecular weight is 415 g/mol. The van der Waals surface area contributed by atoms with Crippen LogP contribution in [-0.4, -0.2) is 30.3 Å². The van der Waals surface area contributed by atoms with Gasteiger partial charge >= 0.3 is 0 Å². The van der Waals surface area contributed by atoms with E-state index in [1.165, 1.54) is 6.07 Å². The maximum absolute atomic E-state index is 12.6. The van der Waals surface area contributed by atoms with Gasteiger partial charge in [-0.1, -0.05) is 36.6 Å². The number of para-hydroxylation sites is 1. The minimum Gasteiger partial charge on any atom is -0.375 e. The predicted octanol–water partition coefficient (Wildman–Crippen LogP) is 3.16. The summed E-state index contributed by atoms with van der Waals surface area (Å²) in [5.41, 5.74) is 6.80. The van der Waals surface area contributed by atoms with Gasteiger partial charge in [0.25, 0.3) is 11.8 Å². The number of hydrogen-bond donors (Lipinski definition) is 4. The molecule has 0 saturated heterocycles. The Morgan fingerprint density at radius 1 is 1.00 bits per heavy atom. The van der Waals surface area contributed by atoms with E-state index in [0.717, 1.165) is 25.7 Å². The second-order valence-electron chi connectivity index (χ2n) is 6.96.